The molecule has 0 aromatic heterocycles. The second-order valence-electron chi connectivity index (χ2n) is 7.19. The highest BCUT2D eigenvalue weighted by Crippen LogP contribution is 2.42. The third-order valence-electron chi connectivity index (χ3n) is 5.20. The Hall–Kier alpha value is -3.63. The van der Waals surface area contributed by atoms with Crippen molar-refractivity contribution in [3.05, 3.63) is 59.7 Å². The van der Waals surface area contributed by atoms with Crippen molar-refractivity contribution >= 4 is 23.5 Å². The maximum Gasteiger partial charge on any atom is 0.264 e. The standard InChI is InChI=1S/C23H20N2O5/c24-11-3-4-12-25-19-6-2-1-5-18(19)23(28,22(25)27)14-17(26)9-7-16-8-10-20-21(13-16)30-15-29-20/h1-2,5-10,13,28H,3-4,12,14-15H2/b9-7+. The summed E-state index contributed by atoms with van der Waals surface area (Å²) in [6.07, 6.45) is 3.40. The maximum absolute atomic E-state index is 13.0. The van der Waals surface area contributed by atoms with Crippen LogP contribution in [0.15, 0.2) is 48.5 Å². The molecule has 0 saturated carbocycles. The summed E-state index contributed by atoms with van der Waals surface area (Å²) < 4.78 is 10.6. The van der Waals surface area contributed by atoms with Crippen LogP contribution in [0.5, 0.6) is 11.5 Å². The van der Waals surface area contributed by atoms with Gasteiger partial charge in [0.25, 0.3) is 5.91 Å². The largest absolute Gasteiger partial charge is 0.454 e. The van der Waals surface area contributed by atoms with Crippen LogP contribution in [-0.4, -0.2) is 30.1 Å². The van der Waals surface area contributed by atoms with Gasteiger partial charge >= 0.3 is 0 Å². The fraction of sp³-hybridized carbons (Fsp3) is 0.261. The molecule has 7 heteroatoms. The minimum atomic E-state index is -1.92. The smallest absolute Gasteiger partial charge is 0.264 e. The number of allylic oxidation sites excluding steroid dienone is 1. The Morgan fingerprint density at radius 3 is 2.87 bits per heavy atom. The van der Waals surface area contributed by atoms with E-state index < -0.39 is 11.5 Å². The van der Waals surface area contributed by atoms with Gasteiger partial charge in [-0.2, -0.15) is 5.26 Å². The van der Waals surface area contributed by atoms with Crippen molar-refractivity contribution in [2.45, 2.75) is 24.9 Å². The van der Waals surface area contributed by atoms with Crippen LogP contribution in [0.1, 0.15) is 30.4 Å². The Kier molecular flexibility index (Phi) is 5.25. The number of fused-ring (bicyclic) bond motifs is 2. The van der Waals surface area contributed by atoms with Crippen LogP contribution in [0.2, 0.25) is 0 Å². The molecule has 2 aromatic rings. The number of hydrogen-bond donors (Lipinski definition) is 1. The number of aliphatic hydroxyl groups is 1. The molecule has 1 N–H and O–H groups in total. The van der Waals surface area contributed by atoms with Crippen molar-refractivity contribution in [1.82, 2.24) is 0 Å². The van der Waals surface area contributed by atoms with E-state index in [1.54, 1.807) is 48.5 Å². The van der Waals surface area contributed by atoms with Crippen molar-refractivity contribution in [1.29, 1.82) is 5.26 Å². The number of ketones is 1. The van der Waals surface area contributed by atoms with Crippen LogP contribution in [0, 0.1) is 11.3 Å². The number of carbonyl (C=O) groups is 2. The highest BCUT2D eigenvalue weighted by Gasteiger charge is 2.50. The van der Waals surface area contributed by atoms with E-state index in [4.69, 9.17) is 14.7 Å². The summed E-state index contributed by atoms with van der Waals surface area (Å²) in [7, 11) is 0. The predicted molar refractivity (Wildman–Crippen MR) is 109 cm³/mol. The minimum absolute atomic E-state index is 0.168. The van der Waals surface area contributed by atoms with Crippen molar-refractivity contribution in [2.75, 3.05) is 18.2 Å². The zero-order valence-corrected chi connectivity index (χ0v) is 16.2. The summed E-state index contributed by atoms with van der Waals surface area (Å²) >= 11 is 0. The van der Waals surface area contributed by atoms with Crippen LogP contribution in [0.3, 0.4) is 0 Å². The number of ether oxygens (including phenoxy) is 2. The highest BCUT2D eigenvalue weighted by molar-refractivity contribution is 6.10. The molecule has 0 saturated heterocycles. The fourth-order valence-electron chi connectivity index (χ4n) is 3.73. The van der Waals surface area contributed by atoms with Gasteiger partial charge in [-0.25, -0.2) is 0 Å². The van der Waals surface area contributed by atoms with Gasteiger partial charge in [-0.3, -0.25) is 9.59 Å². The number of nitriles is 1. The molecule has 1 amide bonds. The predicted octanol–water partition coefficient (Wildman–Crippen LogP) is 2.93. The Bertz CT molecular complexity index is 1070. The van der Waals surface area contributed by atoms with E-state index in [1.165, 1.54) is 11.0 Å². The van der Waals surface area contributed by atoms with Crippen LogP contribution >= 0.6 is 0 Å². The van der Waals surface area contributed by atoms with E-state index in [2.05, 4.69) is 6.07 Å². The topological polar surface area (TPSA) is 99.9 Å². The lowest BCUT2D eigenvalue weighted by Crippen LogP contribution is -2.42. The van der Waals surface area contributed by atoms with Gasteiger partial charge < -0.3 is 19.5 Å². The summed E-state index contributed by atoms with van der Waals surface area (Å²) in [5.74, 6) is 0.345. The number of anilines is 1. The number of para-hydroxylation sites is 1. The molecule has 1 atom stereocenters. The van der Waals surface area contributed by atoms with E-state index in [-0.39, 0.29) is 19.0 Å². The molecule has 30 heavy (non-hydrogen) atoms. The van der Waals surface area contributed by atoms with Crippen LogP contribution in [0.25, 0.3) is 6.08 Å². The third-order valence-corrected chi connectivity index (χ3v) is 5.20. The number of carbonyl (C=O) groups excluding carboxylic acids is 2. The van der Waals surface area contributed by atoms with Crippen LogP contribution in [0.4, 0.5) is 5.69 Å². The summed E-state index contributed by atoms with van der Waals surface area (Å²) in [5.41, 5.74) is -0.178. The Morgan fingerprint density at radius 2 is 2.03 bits per heavy atom. The Morgan fingerprint density at radius 1 is 1.23 bits per heavy atom. The van der Waals surface area contributed by atoms with E-state index in [9.17, 15) is 14.7 Å². The first-order valence-electron chi connectivity index (χ1n) is 9.64. The average Bonchev–Trinajstić information content (AvgIpc) is 3.29. The van der Waals surface area contributed by atoms with Crippen molar-refractivity contribution in [3.63, 3.8) is 0 Å². The monoisotopic (exact) mass is 404 g/mol. The molecule has 2 heterocycles. The Labute approximate surface area is 173 Å². The molecule has 2 aromatic carbocycles. The summed E-state index contributed by atoms with van der Waals surface area (Å²) in [4.78, 5) is 27.1. The van der Waals surface area contributed by atoms with E-state index in [1.807, 2.05) is 0 Å². The van der Waals surface area contributed by atoms with E-state index in [0.717, 1.165) is 5.56 Å². The number of amides is 1. The lowest BCUT2D eigenvalue weighted by atomic mass is 9.89. The number of benzene rings is 2. The first-order valence-corrected chi connectivity index (χ1v) is 9.64. The number of rotatable bonds is 7. The molecule has 0 aliphatic carbocycles. The molecule has 2 aliphatic rings. The highest BCUT2D eigenvalue weighted by atomic mass is 16.7. The van der Waals surface area contributed by atoms with Gasteiger partial charge in [0.15, 0.2) is 22.9 Å². The van der Waals surface area contributed by atoms with E-state index in [0.29, 0.717) is 42.1 Å². The number of hydrogen-bond acceptors (Lipinski definition) is 6. The van der Waals surface area contributed by atoms with Gasteiger partial charge in [0.2, 0.25) is 6.79 Å². The van der Waals surface area contributed by atoms with Gasteiger partial charge in [-0.05, 0) is 36.3 Å². The van der Waals surface area contributed by atoms with Crippen molar-refractivity contribution in [3.8, 4) is 17.6 Å². The molecule has 2 aliphatic heterocycles. The number of unbranched alkanes of at least 4 members (excludes halogenated alkanes) is 1. The molecule has 7 nitrogen and oxygen atoms in total. The number of nitrogens with zero attached hydrogens (tertiary/aromatic N) is 2. The van der Waals surface area contributed by atoms with E-state index >= 15 is 0 Å². The minimum Gasteiger partial charge on any atom is -0.454 e. The normalized spacial score (nSPS) is 19.2. The van der Waals surface area contributed by atoms with Gasteiger partial charge in [0.05, 0.1) is 18.2 Å². The molecular formula is C23H20N2O5. The zero-order chi connectivity index (χ0) is 21.1. The van der Waals surface area contributed by atoms with Crippen LogP contribution < -0.4 is 14.4 Å². The summed E-state index contributed by atoms with van der Waals surface area (Å²) in [6, 6.07) is 14.3. The van der Waals surface area contributed by atoms with Gasteiger partial charge in [0, 0.05) is 18.5 Å². The van der Waals surface area contributed by atoms with Crippen LogP contribution in [-0.2, 0) is 15.2 Å². The second-order valence-corrected chi connectivity index (χ2v) is 7.19. The molecule has 0 radical (unpaired) electrons. The molecule has 0 fully saturated rings. The van der Waals surface area contributed by atoms with Gasteiger partial charge in [-0.15, -0.1) is 0 Å². The molecule has 152 valence electrons. The quantitative estimate of drug-likeness (QED) is 0.563. The van der Waals surface area contributed by atoms with Gasteiger partial charge in [0.1, 0.15) is 0 Å². The van der Waals surface area contributed by atoms with Gasteiger partial charge in [-0.1, -0.05) is 30.3 Å². The summed E-state index contributed by atoms with van der Waals surface area (Å²) in [5, 5.41) is 19.9. The van der Waals surface area contributed by atoms with Crippen molar-refractivity contribution < 1.29 is 24.2 Å². The lowest BCUT2D eigenvalue weighted by molar-refractivity contribution is -0.140. The molecular weight excluding hydrogens is 384 g/mol. The SMILES string of the molecule is N#CCCCN1C(=O)C(O)(CC(=O)/C=C/c2ccc3c(c2)OCO3)c2ccccc21. The average molecular weight is 404 g/mol. The third kappa shape index (κ3) is 3.53. The first kappa shape index (κ1) is 19.7. The maximum atomic E-state index is 13.0. The molecule has 0 bridgehead atoms. The zero-order valence-electron chi connectivity index (χ0n) is 16.2. The molecule has 4 rings (SSSR count). The first-order chi connectivity index (χ1) is 14.5. The Balaban J connectivity index is 1.52. The lowest BCUT2D eigenvalue weighted by Gasteiger charge is -2.22. The fourth-order valence-corrected chi connectivity index (χ4v) is 3.73. The van der Waals surface area contributed by atoms with Crippen molar-refractivity contribution in [2.24, 2.45) is 0 Å². The molecule has 0 spiro atoms. The second kappa shape index (κ2) is 8.01. The summed E-state index contributed by atoms with van der Waals surface area (Å²) in [6.45, 7) is 0.480. The molecule has 1 unspecified atom stereocenters.